The molecular weight excluding hydrogens is 372 g/mol. The number of nitro groups is 1. The first kappa shape index (κ1) is 21.2. The number of benzene rings is 1. The second kappa shape index (κ2) is 8.90. The van der Waals surface area contributed by atoms with Crippen LogP contribution in [0.4, 0.5) is 17.1 Å². The molecule has 0 spiro atoms. The number of imide groups is 1. The summed E-state index contributed by atoms with van der Waals surface area (Å²) in [6.45, 7) is 7.47. The Kier molecular flexibility index (Phi) is 6.52. The molecule has 0 aromatic heterocycles. The minimum absolute atomic E-state index is 0.0833. The summed E-state index contributed by atoms with van der Waals surface area (Å²) in [6, 6.07) is 4.68. The Labute approximate surface area is 171 Å². The van der Waals surface area contributed by atoms with Gasteiger partial charge in [0, 0.05) is 26.2 Å². The predicted molar refractivity (Wildman–Crippen MR) is 112 cm³/mol. The number of fused-ring (bicyclic) bond motifs is 1. The molecule has 2 fully saturated rings. The molecule has 158 valence electrons. The molecule has 0 radical (unpaired) electrons. The maximum absolute atomic E-state index is 12.8. The van der Waals surface area contributed by atoms with Crippen LogP contribution in [0.3, 0.4) is 0 Å². The van der Waals surface area contributed by atoms with E-state index in [2.05, 4.69) is 18.7 Å². The zero-order valence-electron chi connectivity index (χ0n) is 17.5. The van der Waals surface area contributed by atoms with Crippen molar-refractivity contribution >= 4 is 28.9 Å². The van der Waals surface area contributed by atoms with Crippen molar-refractivity contribution in [1.29, 1.82) is 0 Å². The summed E-state index contributed by atoms with van der Waals surface area (Å²) in [5.74, 6) is -0.966. The molecule has 1 aromatic carbocycles. The molecule has 29 heavy (non-hydrogen) atoms. The summed E-state index contributed by atoms with van der Waals surface area (Å²) < 4.78 is 0. The minimum Gasteiger partial charge on any atom is -0.368 e. The van der Waals surface area contributed by atoms with Gasteiger partial charge in [-0.15, -0.1) is 0 Å². The summed E-state index contributed by atoms with van der Waals surface area (Å²) in [5.41, 5.74) is 0.712. The van der Waals surface area contributed by atoms with E-state index in [1.807, 2.05) is 11.9 Å². The Morgan fingerprint density at radius 2 is 1.66 bits per heavy atom. The van der Waals surface area contributed by atoms with Crippen LogP contribution < -0.4 is 9.80 Å². The van der Waals surface area contributed by atoms with Gasteiger partial charge in [-0.1, -0.05) is 26.7 Å². The van der Waals surface area contributed by atoms with E-state index in [4.69, 9.17) is 0 Å². The molecule has 1 saturated carbocycles. The van der Waals surface area contributed by atoms with Crippen LogP contribution >= 0.6 is 0 Å². The standard InChI is InChI=1S/C21H30N4O4/c1-4-23(5-2)13-12-22(3)18-11-10-15(14-19(18)25(28)29)24-20(26)16-8-6-7-9-17(16)21(24)27/h10-11,14,16-17H,4-9,12-13H2,1-3H3. The molecule has 3 rings (SSSR count). The van der Waals surface area contributed by atoms with E-state index < -0.39 is 4.92 Å². The van der Waals surface area contributed by atoms with Crippen molar-refractivity contribution in [2.45, 2.75) is 39.5 Å². The molecule has 8 nitrogen and oxygen atoms in total. The minimum atomic E-state index is -0.440. The van der Waals surface area contributed by atoms with Crippen LogP contribution in [0.5, 0.6) is 0 Å². The van der Waals surface area contributed by atoms with E-state index >= 15 is 0 Å². The zero-order chi connectivity index (χ0) is 21.1. The van der Waals surface area contributed by atoms with Crippen molar-refractivity contribution in [3.8, 4) is 0 Å². The predicted octanol–water partition coefficient (Wildman–Crippen LogP) is 3.05. The molecule has 2 amide bonds. The monoisotopic (exact) mass is 402 g/mol. The van der Waals surface area contributed by atoms with Gasteiger partial charge in [-0.3, -0.25) is 19.7 Å². The largest absolute Gasteiger partial charge is 0.368 e. The van der Waals surface area contributed by atoms with Crippen molar-refractivity contribution in [2.75, 3.05) is 43.0 Å². The maximum Gasteiger partial charge on any atom is 0.294 e. The zero-order valence-corrected chi connectivity index (χ0v) is 17.5. The van der Waals surface area contributed by atoms with Gasteiger partial charge in [-0.25, -0.2) is 4.90 Å². The van der Waals surface area contributed by atoms with Crippen LogP contribution in [0.1, 0.15) is 39.5 Å². The molecule has 1 aromatic rings. The van der Waals surface area contributed by atoms with Crippen molar-refractivity contribution < 1.29 is 14.5 Å². The number of nitrogens with zero attached hydrogens (tertiary/aromatic N) is 4. The van der Waals surface area contributed by atoms with Crippen LogP contribution in [0.2, 0.25) is 0 Å². The molecular formula is C21H30N4O4. The Morgan fingerprint density at radius 1 is 1.07 bits per heavy atom. The highest BCUT2D eigenvalue weighted by Crippen LogP contribution is 2.41. The molecule has 2 atom stereocenters. The molecule has 1 aliphatic heterocycles. The van der Waals surface area contributed by atoms with Crippen LogP contribution in [-0.4, -0.2) is 54.9 Å². The summed E-state index contributed by atoms with van der Waals surface area (Å²) in [7, 11) is 1.83. The number of carbonyl (C=O) groups excluding carboxylic acids is 2. The van der Waals surface area contributed by atoms with Gasteiger partial charge < -0.3 is 9.80 Å². The smallest absolute Gasteiger partial charge is 0.294 e. The first-order valence-corrected chi connectivity index (χ1v) is 10.5. The Bertz CT molecular complexity index is 769. The summed E-state index contributed by atoms with van der Waals surface area (Å²) >= 11 is 0. The van der Waals surface area contributed by atoms with Gasteiger partial charge >= 0.3 is 0 Å². The van der Waals surface area contributed by atoms with Gasteiger partial charge in [0.2, 0.25) is 11.8 Å². The quantitative estimate of drug-likeness (QED) is 0.377. The lowest BCUT2D eigenvalue weighted by atomic mass is 9.81. The molecule has 1 aliphatic carbocycles. The molecule has 0 bridgehead atoms. The third-order valence-electron chi connectivity index (χ3n) is 6.31. The maximum atomic E-state index is 12.8. The normalized spacial score (nSPS) is 21.6. The molecule has 1 heterocycles. The summed E-state index contributed by atoms with van der Waals surface area (Å²) in [5, 5.41) is 11.7. The number of carbonyl (C=O) groups is 2. The molecule has 8 heteroatoms. The lowest BCUT2D eigenvalue weighted by Gasteiger charge is -2.25. The number of rotatable bonds is 8. The van der Waals surface area contributed by atoms with Gasteiger partial charge in [0.25, 0.3) is 5.69 Å². The fourth-order valence-electron chi connectivity index (χ4n) is 4.49. The number of amides is 2. The molecule has 2 unspecified atom stereocenters. The topological polar surface area (TPSA) is 87.0 Å². The molecule has 0 N–H and O–H groups in total. The third-order valence-corrected chi connectivity index (χ3v) is 6.31. The SMILES string of the molecule is CCN(CC)CCN(C)c1ccc(N2C(=O)C3CCCCC3C2=O)cc1[N+](=O)[O-]. The Morgan fingerprint density at radius 3 is 2.17 bits per heavy atom. The number of nitro benzene ring substituents is 1. The lowest BCUT2D eigenvalue weighted by Crippen LogP contribution is -2.33. The van der Waals surface area contributed by atoms with Crippen molar-refractivity contribution in [1.82, 2.24) is 4.90 Å². The van der Waals surface area contributed by atoms with E-state index in [1.54, 1.807) is 12.1 Å². The third kappa shape index (κ3) is 4.12. The fourth-order valence-corrected chi connectivity index (χ4v) is 4.49. The number of hydrogen-bond acceptors (Lipinski definition) is 6. The Balaban J connectivity index is 1.85. The van der Waals surface area contributed by atoms with Gasteiger partial charge in [0.15, 0.2) is 0 Å². The van der Waals surface area contributed by atoms with Crippen LogP contribution in [0.15, 0.2) is 18.2 Å². The number of likely N-dealkylation sites (N-methyl/N-ethyl adjacent to an activating group) is 2. The van der Waals surface area contributed by atoms with Gasteiger partial charge in [-0.05, 0) is 38.1 Å². The average Bonchev–Trinajstić information content (AvgIpc) is 2.98. The van der Waals surface area contributed by atoms with Gasteiger partial charge in [-0.2, -0.15) is 0 Å². The first-order valence-electron chi connectivity index (χ1n) is 10.5. The number of anilines is 2. The summed E-state index contributed by atoms with van der Waals surface area (Å²) in [6.07, 6.45) is 3.34. The van der Waals surface area contributed by atoms with Crippen molar-refractivity contribution in [3.05, 3.63) is 28.3 Å². The number of hydrogen-bond donors (Lipinski definition) is 0. The first-order chi connectivity index (χ1) is 13.9. The van der Waals surface area contributed by atoms with Crippen LogP contribution in [-0.2, 0) is 9.59 Å². The van der Waals surface area contributed by atoms with Crippen molar-refractivity contribution in [3.63, 3.8) is 0 Å². The fraction of sp³-hybridized carbons (Fsp3) is 0.619. The van der Waals surface area contributed by atoms with Crippen molar-refractivity contribution in [2.24, 2.45) is 11.8 Å². The highest BCUT2D eigenvalue weighted by molar-refractivity contribution is 6.22. The average molecular weight is 402 g/mol. The van der Waals surface area contributed by atoms with Gasteiger partial charge in [0.1, 0.15) is 5.69 Å². The van der Waals surface area contributed by atoms with Crippen LogP contribution in [0.25, 0.3) is 0 Å². The van der Waals surface area contributed by atoms with Crippen LogP contribution in [0, 0.1) is 22.0 Å². The van der Waals surface area contributed by atoms with Gasteiger partial charge in [0.05, 0.1) is 22.4 Å². The van der Waals surface area contributed by atoms with E-state index in [0.717, 1.165) is 45.3 Å². The second-order valence-electron chi connectivity index (χ2n) is 7.89. The van der Waals surface area contributed by atoms with E-state index in [9.17, 15) is 19.7 Å². The highest BCUT2D eigenvalue weighted by Gasteiger charge is 2.49. The highest BCUT2D eigenvalue weighted by atomic mass is 16.6. The van der Waals surface area contributed by atoms with E-state index in [0.29, 0.717) is 17.9 Å². The van der Waals surface area contributed by atoms with E-state index in [1.165, 1.54) is 11.0 Å². The molecule has 2 aliphatic rings. The lowest BCUT2D eigenvalue weighted by molar-refractivity contribution is -0.384. The molecule has 1 saturated heterocycles. The Hall–Kier alpha value is -2.48. The second-order valence-corrected chi connectivity index (χ2v) is 7.89. The summed E-state index contributed by atoms with van der Waals surface area (Å²) in [4.78, 5) is 42.2. The van der Waals surface area contributed by atoms with E-state index in [-0.39, 0.29) is 29.3 Å².